The van der Waals surface area contributed by atoms with Gasteiger partial charge in [0, 0.05) is 24.6 Å². The normalized spacial score (nSPS) is 18.0. The highest BCUT2D eigenvalue weighted by Gasteiger charge is 2.37. The van der Waals surface area contributed by atoms with Crippen molar-refractivity contribution in [1.29, 1.82) is 0 Å². The summed E-state index contributed by atoms with van der Waals surface area (Å²) in [4.78, 5) is 11.6. The molecular formula is C22H26Br2F2N2O2S. The molecule has 9 heteroatoms. The Morgan fingerprint density at radius 2 is 1.81 bits per heavy atom. The van der Waals surface area contributed by atoms with Gasteiger partial charge in [0.2, 0.25) is 5.91 Å². The van der Waals surface area contributed by atoms with Crippen LogP contribution in [-0.4, -0.2) is 23.7 Å². The largest absolute Gasteiger partial charge is 0.391 e. The van der Waals surface area contributed by atoms with E-state index in [2.05, 4.69) is 43.2 Å². The summed E-state index contributed by atoms with van der Waals surface area (Å²) < 4.78 is 29.3. The third-order valence-electron chi connectivity index (χ3n) is 5.96. The molecule has 0 aliphatic heterocycles. The van der Waals surface area contributed by atoms with E-state index in [0.717, 1.165) is 44.9 Å². The van der Waals surface area contributed by atoms with Crippen molar-refractivity contribution in [2.75, 3.05) is 6.54 Å². The second-order valence-corrected chi connectivity index (χ2v) is 12.0. The van der Waals surface area contributed by atoms with Crippen molar-refractivity contribution in [3.05, 3.63) is 54.6 Å². The minimum atomic E-state index is -0.904. The van der Waals surface area contributed by atoms with Gasteiger partial charge in [0.1, 0.15) is 11.6 Å². The molecule has 2 aromatic rings. The van der Waals surface area contributed by atoms with Crippen LogP contribution in [0.4, 0.5) is 8.78 Å². The summed E-state index contributed by atoms with van der Waals surface area (Å²) in [5.41, 5.74) is 6.67. The van der Waals surface area contributed by atoms with Crippen LogP contribution in [0.3, 0.4) is 0 Å². The Hall–Kier alpha value is -0.870. The van der Waals surface area contributed by atoms with Crippen LogP contribution < -0.4 is 11.1 Å². The number of nitrogens with two attached hydrogens (primary N) is 1. The quantitative estimate of drug-likeness (QED) is 0.372. The zero-order valence-electron chi connectivity index (χ0n) is 17.0. The number of carbonyl (C=O) groups is 1. The molecule has 2 unspecified atom stereocenters. The average Bonchev–Trinajstić information content (AvgIpc) is 3.04. The van der Waals surface area contributed by atoms with Gasteiger partial charge in [-0.25, -0.2) is 8.78 Å². The Bertz CT molecular complexity index is 899. The summed E-state index contributed by atoms with van der Waals surface area (Å²) in [6, 6.07) is 5.35. The number of hydrogen-bond acceptors (Lipinski definition) is 4. The molecular weight excluding hydrogens is 554 g/mol. The molecule has 1 aliphatic rings. The minimum absolute atomic E-state index is 0.0678. The molecule has 4 N–H and O–H groups in total. The number of aliphatic hydroxyl groups is 1. The summed E-state index contributed by atoms with van der Waals surface area (Å²) in [6.07, 6.45) is 4.40. The first kappa shape index (κ1) is 24.8. The first-order valence-electron chi connectivity index (χ1n) is 10.3. The van der Waals surface area contributed by atoms with E-state index in [-0.39, 0.29) is 24.9 Å². The Kier molecular flexibility index (Phi) is 8.65. The molecule has 1 aromatic heterocycles. The molecule has 1 heterocycles. The van der Waals surface area contributed by atoms with Crippen molar-refractivity contribution in [2.45, 2.75) is 56.6 Å². The fraction of sp³-hybridized carbons (Fsp3) is 0.500. The molecule has 3 rings (SSSR count). The summed E-state index contributed by atoms with van der Waals surface area (Å²) in [5, 5.41) is 14.5. The number of benzene rings is 1. The van der Waals surface area contributed by atoms with E-state index in [1.54, 1.807) is 11.3 Å². The third-order valence-corrected chi connectivity index (χ3v) is 8.30. The monoisotopic (exact) mass is 578 g/mol. The van der Waals surface area contributed by atoms with Crippen molar-refractivity contribution in [1.82, 2.24) is 5.32 Å². The van der Waals surface area contributed by atoms with E-state index in [9.17, 15) is 18.7 Å². The SMILES string of the molecule is NC(=O)CC(Cc1cc(F)cc(F)c1)C(O)CNC1(c2cc(Br)sc2Br)CCCCC1. The summed E-state index contributed by atoms with van der Waals surface area (Å²) in [6.45, 7) is 0.246. The molecule has 1 aromatic carbocycles. The van der Waals surface area contributed by atoms with Gasteiger partial charge < -0.3 is 16.2 Å². The fourth-order valence-corrected chi connectivity index (χ4v) is 7.56. The second kappa shape index (κ2) is 10.8. The standard InChI is InChI=1S/C22H26Br2F2N2O2S/c23-19-11-17(21(24)31-19)22(4-2-1-3-5-22)28-12-18(29)14(9-20(27)30)6-13-7-15(25)10-16(26)8-13/h7-8,10-11,14,18,28-29H,1-6,9,12H2,(H2,27,30). The van der Waals surface area contributed by atoms with Crippen LogP contribution in [0.1, 0.15) is 49.7 Å². The van der Waals surface area contributed by atoms with E-state index in [4.69, 9.17) is 5.73 Å². The Morgan fingerprint density at radius 3 is 2.35 bits per heavy atom. The molecule has 0 radical (unpaired) electrons. The first-order chi connectivity index (χ1) is 14.7. The van der Waals surface area contributed by atoms with Gasteiger partial charge in [0.15, 0.2) is 0 Å². The molecule has 1 saturated carbocycles. The Balaban J connectivity index is 1.77. The topological polar surface area (TPSA) is 75.4 Å². The highest BCUT2D eigenvalue weighted by atomic mass is 79.9. The van der Waals surface area contributed by atoms with Crippen molar-refractivity contribution >= 4 is 49.1 Å². The predicted molar refractivity (Wildman–Crippen MR) is 126 cm³/mol. The molecule has 31 heavy (non-hydrogen) atoms. The van der Waals surface area contributed by atoms with Gasteiger partial charge in [-0.3, -0.25) is 4.79 Å². The zero-order chi connectivity index (χ0) is 22.6. The molecule has 0 bridgehead atoms. The number of amides is 1. The summed E-state index contributed by atoms with van der Waals surface area (Å²) >= 11 is 8.83. The highest BCUT2D eigenvalue weighted by molar-refractivity contribution is 9.12. The molecule has 4 nitrogen and oxygen atoms in total. The van der Waals surface area contributed by atoms with Gasteiger partial charge in [-0.2, -0.15) is 0 Å². The van der Waals surface area contributed by atoms with E-state index in [0.29, 0.717) is 5.56 Å². The van der Waals surface area contributed by atoms with E-state index in [1.807, 2.05) is 0 Å². The van der Waals surface area contributed by atoms with Gasteiger partial charge in [-0.1, -0.05) is 19.3 Å². The summed E-state index contributed by atoms with van der Waals surface area (Å²) in [7, 11) is 0. The molecule has 1 fully saturated rings. The van der Waals surface area contributed by atoms with Crippen LogP contribution in [-0.2, 0) is 16.8 Å². The van der Waals surface area contributed by atoms with Crippen LogP contribution in [0.5, 0.6) is 0 Å². The van der Waals surface area contributed by atoms with Crippen LogP contribution in [0, 0.1) is 17.6 Å². The molecule has 1 amide bonds. The summed E-state index contributed by atoms with van der Waals surface area (Å²) in [5.74, 6) is -2.48. The van der Waals surface area contributed by atoms with Crippen LogP contribution >= 0.6 is 43.2 Å². The third kappa shape index (κ3) is 6.57. The van der Waals surface area contributed by atoms with E-state index >= 15 is 0 Å². The number of thiophene rings is 1. The zero-order valence-corrected chi connectivity index (χ0v) is 21.0. The smallest absolute Gasteiger partial charge is 0.217 e. The molecule has 2 atom stereocenters. The maximum absolute atomic E-state index is 13.6. The van der Waals surface area contributed by atoms with Gasteiger partial charge in [0.25, 0.3) is 0 Å². The lowest BCUT2D eigenvalue weighted by Crippen LogP contribution is -2.48. The van der Waals surface area contributed by atoms with Gasteiger partial charge in [0.05, 0.1) is 13.7 Å². The van der Waals surface area contributed by atoms with E-state index < -0.39 is 29.6 Å². The van der Waals surface area contributed by atoms with Gasteiger partial charge in [-0.05, 0) is 86.4 Å². The van der Waals surface area contributed by atoms with Crippen molar-refractivity contribution in [3.63, 3.8) is 0 Å². The van der Waals surface area contributed by atoms with Crippen LogP contribution in [0.15, 0.2) is 31.8 Å². The number of rotatable bonds is 9. The minimum Gasteiger partial charge on any atom is -0.391 e. The number of hydrogen-bond donors (Lipinski definition) is 3. The maximum Gasteiger partial charge on any atom is 0.217 e. The van der Waals surface area contributed by atoms with Crippen molar-refractivity contribution < 1.29 is 18.7 Å². The number of aliphatic hydroxyl groups excluding tert-OH is 1. The molecule has 0 spiro atoms. The van der Waals surface area contributed by atoms with Crippen LogP contribution in [0.2, 0.25) is 0 Å². The average molecular weight is 580 g/mol. The lowest BCUT2D eigenvalue weighted by atomic mass is 9.77. The number of nitrogens with one attached hydrogen (secondary N) is 1. The predicted octanol–water partition coefficient (Wildman–Crippen LogP) is 5.40. The second-order valence-electron chi connectivity index (χ2n) is 8.24. The lowest BCUT2D eigenvalue weighted by Gasteiger charge is -2.40. The fourth-order valence-electron chi connectivity index (χ4n) is 4.46. The number of carbonyl (C=O) groups excluding carboxylic acids is 1. The first-order valence-corrected chi connectivity index (χ1v) is 12.7. The van der Waals surface area contributed by atoms with Gasteiger partial charge in [-0.15, -0.1) is 11.3 Å². The Labute approximate surface area is 201 Å². The molecule has 1 aliphatic carbocycles. The van der Waals surface area contributed by atoms with Crippen molar-refractivity contribution in [2.24, 2.45) is 11.7 Å². The Morgan fingerprint density at radius 1 is 1.16 bits per heavy atom. The lowest BCUT2D eigenvalue weighted by molar-refractivity contribution is -0.119. The maximum atomic E-state index is 13.6. The van der Waals surface area contributed by atoms with Crippen molar-refractivity contribution in [3.8, 4) is 0 Å². The highest BCUT2D eigenvalue weighted by Crippen LogP contribution is 2.45. The van der Waals surface area contributed by atoms with Gasteiger partial charge >= 0.3 is 0 Å². The number of halogens is 4. The molecule has 0 saturated heterocycles. The molecule has 170 valence electrons. The van der Waals surface area contributed by atoms with Crippen LogP contribution in [0.25, 0.3) is 0 Å². The number of primary amides is 1. The van der Waals surface area contributed by atoms with E-state index in [1.165, 1.54) is 18.6 Å².